The monoisotopic (exact) mass is 326 g/mol. The lowest BCUT2D eigenvalue weighted by Crippen LogP contribution is -2.63. The summed E-state index contributed by atoms with van der Waals surface area (Å²) in [5.74, 6) is 0.627. The second kappa shape index (κ2) is 8.45. The average Bonchev–Trinajstić information content (AvgIpc) is 3.02. The molecule has 2 aliphatic rings. The zero-order valence-corrected chi connectivity index (χ0v) is 15.3. The molecule has 1 amide bonds. The Morgan fingerprint density at radius 1 is 1.39 bits per heavy atom. The van der Waals surface area contributed by atoms with Crippen molar-refractivity contribution in [2.24, 2.45) is 11.3 Å². The van der Waals surface area contributed by atoms with E-state index in [0.29, 0.717) is 24.6 Å². The van der Waals surface area contributed by atoms with Crippen LogP contribution in [0.15, 0.2) is 0 Å². The van der Waals surface area contributed by atoms with Crippen molar-refractivity contribution in [3.05, 3.63) is 0 Å². The summed E-state index contributed by atoms with van der Waals surface area (Å²) >= 11 is 0. The summed E-state index contributed by atoms with van der Waals surface area (Å²) in [7, 11) is 0. The van der Waals surface area contributed by atoms with Crippen molar-refractivity contribution in [2.75, 3.05) is 39.5 Å². The maximum atomic E-state index is 12.3. The van der Waals surface area contributed by atoms with Crippen molar-refractivity contribution in [3.8, 4) is 0 Å². The summed E-state index contributed by atoms with van der Waals surface area (Å²) in [5, 5.41) is 3.09. The molecule has 1 saturated heterocycles. The van der Waals surface area contributed by atoms with E-state index in [9.17, 15) is 4.79 Å². The molecule has 0 radical (unpaired) electrons. The third-order valence-corrected chi connectivity index (χ3v) is 5.40. The number of nitrogens with one attached hydrogen (secondary N) is 1. The van der Waals surface area contributed by atoms with Gasteiger partial charge in [0.15, 0.2) is 0 Å². The van der Waals surface area contributed by atoms with Crippen LogP contribution in [-0.2, 0) is 14.3 Å². The van der Waals surface area contributed by atoms with Crippen LogP contribution in [0.5, 0.6) is 0 Å². The molecule has 0 bridgehead atoms. The molecule has 1 N–H and O–H groups in total. The van der Waals surface area contributed by atoms with Crippen molar-refractivity contribution >= 4 is 5.91 Å². The van der Waals surface area contributed by atoms with Crippen molar-refractivity contribution in [2.45, 2.75) is 59.1 Å². The molecule has 5 nitrogen and oxygen atoms in total. The maximum Gasteiger partial charge on any atom is 0.234 e. The highest BCUT2D eigenvalue weighted by Gasteiger charge is 2.51. The van der Waals surface area contributed by atoms with Crippen molar-refractivity contribution in [1.82, 2.24) is 10.2 Å². The van der Waals surface area contributed by atoms with E-state index < -0.39 is 0 Å². The van der Waals surface area contributed by atoms with Crippen LogP contribution in [0.3, 0.4) is 0 Å². The molecule has 0 aromatic heterocycles. The van der Waals surface area contributed by atoms with E-state index in [1.165, 1.54) is 0 Å². The molecule has 2 rings (SSSR count). The zero-order chi connectivity index (χ0) is 16.9. The predicted molar refractivity (Wildman–Crippen MR) is 91.4 cm³/mol. The molecule has 2 fully saturated rings. The van der Waals surface area contributed by atoms with Crippen LogP contribution >= 0.6 is 0 Å². The van der Waals surface area contributed by atoms with Crippen molar-refractivity contribution < 1.29 is 14.3 Å². The van der Waals surface area contributed by atoms with Crippen LogP contribution in [0.2, 0.25) is 0 Å². The summed E-state index contributed by atoms with van der Waals surface area (Å²) in [6, 6.07) is 0.430. The van der Waals surface area contributed by atoms with Gasteiger partial charge in [0.2, 0.25) is 5.91 Å². The second-order valence-electron chi connectivity index (χ2n) is 7.52. The van der Waals surface area contributed by atoms with Gasteiger partial charge in [0.25, 0.3) is 0 Å². The minimum absolute atomic E-state index is 0.116. The van der Waals surface area contributed by atoms with E-state index in [0.717, 1.165) is 52.2 Å². The van der Waals surface area contributed by atoms with Gasteiger partial charge in [-0.05, 0) is 32.7 Å². The molecule has 1 saturated carbocycles. The number of nitrogens with zero attached hydrogens (tertiary/aromatic N) is 1. The summed E-state index contributed by atoms with van der Waals surface area (Å²) < 4.78 is 11.2. The smallest absolute Gasteiger partial charge is 0.234 e. The minimum Gasteiger partial charge on any atom is -0.381 e. The molecule has 3 atom stereocenters. The molecular weight excluding hydrogens is 292 g/mol. The van der Waals surface area contributed by atoms with Crippen molar-refractivity contribution in [3.63, 3.8) is 0 Å². The summed E-state index contributed by atoms with van der Waals surface area (Å²) in [6.07, 6.45) is 3.47. The Hall–Kier alpha value is -0.650. The first-order chi connectivity index (χ1) is 11.0. The van der Waals surface area contributed by atoms with E-state index in [4.69, 9.17) is 9.47 Å². The number of carbonyl (C=O) groups excluding carboxylic acids is 1. The van der Waals surface area contributed by atoms with E-state index in [1.807, 2.05) is 6.92 Å². The Morgan fingerprint density at radius 3 is 2.74 bits per heavy atom. The molecule has 134 valence electrons. The van der Waals surface area contributed by atoms with Gasteiger partial charge in [-0.15, -0.1) is 0 Å². The topological polar surface area (TPSA) is 50.8 Å². The highest BCUT2D eigenvalue weighted by molar-refractivity contribution is 5.78. The Morgan fingerprint density at radius 2 is 2.17 bits per heavy atom. The quantitative estimate of drug-likeness (QED) is 0.705. The number of rotatable bonds is 9. The lowest BCUT2D eigenvalue weighted by Gasteiger charge is -2.55. The molecule has 1 heterocycles. The summed E-state index contributed by atoms with van der Waals surface area (Å²) in [4.78, 5) is 14.7. The van der Waals surface area contributed by atoms with Gasteiger partial charge in [0, 0.05) is 37.1 Å². The lowest BCUT2D eigenvalue weighted by atomic mass is 9.63. The molecule has 5 heteroatoms. The van der Waals surface area contributed by atoms with Gasteiger partial charge in [0.1, 0.15) is 0 Å². The van der Waals surface area contributed by atoms with Gasteiger partial charge in [0.05, 0.1) is 19.3 Å². The number of ether oxygens (including phenoxy) is 2. The van der Waals surface area contributed by atoms with Crippen LogP contribution in [0.25, 0.3) is 0 Å². The van der Waals surface area contributed by atoms with Crippen LogP contribution in [0.4, 0.5) is 0 Å². The Bertz CT molecular complexity index is 380. The number of amides is 1. The lowest BCUT2D eigenvalue weighted by molar-refractivity contribution is -0.154. The van der Waals surface area contributed by atoms with E-state index in [1.54, 1.807) is 0 Å². The first-order valence-electron chi connectivity index (χ1n) is 9.19. The Kier molecular flexibility index (Phi) is 6.86. The molecule has 1 aliphatic heterocycles. The molecule has 0 spiro atoms. The third kappa shape index (κ3) is 4.68. The fourth-order valence-corrected chi connectivity index (χ4v) is 3.84. The summed E-state index contributed by atoms with van der Waals surface area (Å²) in [5.41, 5.74) is 0.116. The number of hydrogen-bond donors (Lipinski definition) is 1. The third-order valence-electron chi connectivity index (χ3n) is 5.40. The normalized spacial score (nSPS) is 29.5. The van der Waals surface area contributed by atoms with Gasteiger partial charge < -0.3 is 14.8 Å². The Balaban J connectivity index is 1.82. The average molecular weight is 326 g/mol. The fraction of sp³-hybridized carbons (Fsp3) is 0.944. The number of carbonyl (C=O) groups is 1. The standard InChI is InChI=1S/C18H34N2O3/c1-5-8-20(15-10-16(23-6-2)18(15,3)4)12-17(21)19-11-14-7-9-22-13-14/h14-16H,5-13H2,1-4H3,(H,19,21)/t14-,15-,16+/m0/s1. The predicted octanol–water partition coefficient (Wildman–Crippen LogP) is 2.05. The van der Waals surface area contributed by atoms with Gasteiger partial charge in [-0.1, -0.05) is 20.8 Å². The SMILES string of the molecule is CCCN(CC(=O)NC[C@@H]1CCOC1)[C@H]1C[C@@H](OCC)C1(C)C. The van der Waals surface area contributed by atoms with Gasteiger partial charge >= 0.3 is 0 Å². The largest absolute Gasteiger partial charge is 0.381 e. The van der Waals surface area contributed by atoms with E-state index in [2.05, 4.69) is 31.0 Å². The molecular formula is C18H34N2O3. The highest BCUT2D eigenvalue weighted by atomic mass is 16.5. The molecule has 0 unspecified atom stereocenters. The van der Waals surface area contributed by atoms with Crippen LogP contribution in [0, 0.1) is 11.3 Å². The van der Waals surface area contributed by atoms with Crippen LogP contribution in [-0.4, -0.2) is 62.4 Å². The van der Waals surface area contributed by atoms with Gasteiger partial charge in [-0.25, -0.2) is 0 Å². The second-order valence-corrected chi connectivity index (χ2v) is 7.52. The van der Waals surface area contributed by atoms with E-state index in [-0.39, 0.29) is 11.3 Å². The maximum absolute atomic E-state index is 12.3. The minimum atomic E-state index is 0.116. The van der Waals surface area contributed by atoms with Gasteiger partial charge in [-0.3, -0.25) is 9.69 Å². The van der Waals surface area contributed by atoms with E-state index >= 15 is 0 Å². The first kappa shape index (κ1) is 18.7. The first-order valence-corrected chi connectivity index (χ1v) is 9.19. The molecule has 0 aromatic carbocycles. The van der Waals surface area contributed by atoms with Gasteiger partial charge in [-0.2, -0.15) is 0 Å². The van der Waals surface area contributed by atoms with Crippen molar-refractivity contribution in [1.29, 1.82) is 0 Å². The highest BCUT2D eigenvalue weighted by Crippen LogP contribution is 2.45. The summed E-state index contributed by atoms with van der Waals surface area (Å²) in [6.45, 7) is 13.3. The number of hydrogen-bond acceptors (Lipinski definition) is 4. The zero-order valence-electron chi connectivity index (χ0n) is 15.3. The Labute approximate surface area is 141 Å². The molecule has 1 aliphatic carbocycles. The van der Waals surface area contributed by atoms with Crippen LogP contribution < -0.4 is 5.32 Å². The molecule has 0 aromatic rings. The fourth-order valence-electron chi connectivity index (χ4n) is 3.84. The van der Waals surface area contributed by atoms with Crippen LogP contribution in [0.1, 0.15) is 47.0 Å². The molecule has 23 heavy (non-hydrogen) atoms.